The summed E-state index contributed by atoms with van der Waals surface area (Å²) < 4.78 is 11.9. The Morgan fingerprint density at radius 3 is 2.61 bits per heavy atom. The van der Waals surface area contributed by atoms with Gasteiger partial charge in [-0.15, -0.1) is 0 Å². The van der Waals surface area contributed by atoms with E-state index in [1.54, 1.807) is 7.11 Å². The zero-order chi connectivity index (χ0) is 22.1. The minimum absolute atomic E-state index is 0.264. The SMILES string of the molecule is CCNC(=NCc1cccc(OC)c1OC1CCCC1)NCc1cccc(N(C)C)n1. The van der Waals surface area contributed by atoms with Gasteiger partial charge in [-0.1, -0.05) is 18.2 Å². The van der Waals surface area contributed by atoms with E-state index >= 15 is 0 Å². The molecule has 1 saturated carbocycles. The van der Waals surface area contributed by atoms with E-state index in [4.69, 9.17) is 14.5 Å². The predicted octanol–water partition coefficient (Wildman–Crippen LogP) is 3.73. The molecule has 1 aliphatic carbocycles. The summed E-state index contributed by atoms with van der Waals surface area (Å²) in [6.45, 7) is 3.93. The van der Waals surface area contributed by atoms with Gasteiger partial charge in [0.1, 0.15) is 5.82 Å². The standard InChI is InChI=1S/C24H35N5O2/c1-5-25-24(27-17-19-11-9-15-22(28-19)29(2)3)26-16-18-10-8-14-21(30-4)23(18)31-20-12-6-7-13-20/h8-11,14-15,20H,5-7,12-13,16-17H2,1-4H3,(H2,25,26,27). The molecule has 7 heteroatoms. The highest BCUT2D eigenvalue weighted by Crippen LogP contribution is 2.35. The average Bonchev–Trinajstić information content (AvgIpc) is 3.29. The molecule has 0 bridgehead atoms. The lowest BCUT2D eigenvalue weighted by Gasteiger charge is -2.19. The molecule has 2 N–H and O–H groups in total. The summed E-state index contributed by atoms with van der Waals surface area (Å²) in [6.07, 6.45) is 4.92. The number of ether oxygens (including phenoxy) is 2. The van der Waals surface area contributed by atoms with E-state index in [9.17, 15) is 0 Å². The van der Waals surface area contributed by atoms with Crippen molar-refractivity contribution in [2.45, 2.75) is 51.8 Å². The maximum atomic E-state index is 6.34. The Balaban J connectivity index is 1.71. The molecule has 0 amide bonds. The second-order valence-electron chi connectivity index (χ2n) is 7.90. The normalized spacial score (nSPS) is 14.4. The fourth-order valence-electron chi connectivity index (χ4n) is 3.65. The lowest BCUT2D eigenvalue weighted by Crippen LogP contribution is -2.37. The highest BCUT2D eigenvalue weighted by atomic mass is 16.5. The van der Waals surface area contributed by atoms with Crippen molar-refractivity contribution in [2.75, 3.05) is 32.6 Å². The molecule has 31 heavy (non-hydrogen) atoms. The molecule has 1 heterocycles. The molecular formula is C24H35N5O2. The average molecular weight is 426 g/mol. The summed E-state index contributed by atoms with van der Waals surface area (Å²) in [5.41, 5.74) is 1.99. The number of rotatable bonds is 9. The van der Waals surface area contributed by atoms with Crippen molar-refractivity contribution in [2.24, 2.45) is 4.99 Å². The third-order valence-corrected chi connectivity index (χ3v) is 5.31. The molecule has 0 saturated heterocycles. The van der Waals surface area contributed by atoms with Crippen molar-refractivity contribution in [3.8, 4) is 11.5 Å². The minimum Gasteiger partial charge on any atom is -0.493 e. The van der Waals surface area contributed by atoms with Crippen LogP contribution in [0, 0.1) is 0 Å². The molecule has 2 aromatic rings. The van der Waals surface area contributed by atoms with Crippen LogP contribution in [0.25, 0.3) is 0 Å². The molecule has 0 aliphatic heterocycles. The Morgan fingerprint density at radius 1 is 1.13 bits per heavy atom. The first-order valence-corrected chi connectivity index (χ1v) is 11.1. The number of aromatic nitrogens is 1. The van der Waals surface area contributed by atoms with Crippen LogP contribution in [0.2, 0.25) is 0 Å². The monoisotopic (exact) mass is 425 g/mol. The molecule has 1 aromatic heterocycles. The summed E-state index contributed by atoms with van der Waals surface area (Å²) >= 11 is 0. The van der Waals surface area contributed by atoms with Crippen molar-refractivity contribution < 1.29 is 9.47 Å². The number of para-hydroxylation sites is 1. The first-order chi connectivity index (χ1) is 15.1. The number of pyridine rings is 1. The molecule has 168 valence electrons. The lowest BCUT2D eigenvalue weighted by atomic mass is 10.1. The van der Waals surface area contributed by atoms with E-state index in [-0.39, 0.29) is 6.10 Å². The summed E-state index contributed by atoms with van der Waals surface area (Å²) in [4.78, 5) is 11.4. The second kappa shape index (κ2) is 11.4. The number of hydrogen-bond donors (Lipinski definition) is 2. The summed E-state index contributed by atoms with van der Waals surface area (Å²) in [6, 6.07) is 12.0. The molecule has 0 atom stereocenters. The van der Waals surface area contributed by atoms with Crippen LogP contribution < -0.4 is 25.0 Å². The number of aliphatic imine (C=N–C) groups is 1. The number of nitrogens with one attached hydrogen (secondary N) is 2. The molecule has 0 unspecified atom stereocenters. The molecule has 1 aliphatic rings. The zero-order valence-corrected chi connectivity index (χ0v) is 19.1. The van der Waals surface area contributed by atoms with Crippen molar-refractivity contribution in [3.05, 3.63) is 47.7 Å². The second-order valence-corrected chi connectivity index (χ2v) is 7.90. The molecule has 1 aromatic carbocycles. The van der Waals surface area contributed by atoms with Crippen LogP contribution in [-0.4, -0.2) is 44.8 Å². The molecular weight excluding hydrogens is 390 g/mol. The van der Waals surface area contributed by atoms with Crippen molar-refractivity contribution in [3.63, 3.8) is 0 Å². The van der Waals surface area contributed by atoms with E-state index in [2.05, 4.69) is 28.6 Å². The van der Waals surface area contributed by atoms with Gasteiger partial charge in [-0.3, -0.25) is 0 Å². The Morgan fingerprint density at radius 2 is 1.90 bits per heavy atom. The Labute approximate surface area is 185 Å². The Kier molecular flexibility index (Phi) is 8.38. The van der Waals surface area contributed by atoms with Gasteiger partial charge in [-0.05, 0) is 50.8 Å². The van der Waals surface area contributed by atoms with Crippen LogP contribution in [0.1, 0.15) is 43.9 Å². The molecule has 7 nitrogen and oxygen atoms in total. The van der Waals surface area contributed by atoms with Gasteiger partial charge >= 0.3 is 0 Å². The van der Waals surface area contributed by atoms with Crippen LogP contribution in [0.15, 0.2) is 41.4 Å². The van der Waals surface area contributed by atoms with E-state index in [0.717, 1.165) is 53.9 Å². The van der Waals surface area contributed by atoms with Crippen LogP contribution in [0.4, 0.5) is 5.82 Å². The maximum absolute atomic E-state index is 6.34. The van der Waals surface area contributed by atoms with Gasteiger partial charge in [0.2, 0.25) is 0 Å². The maximum Gasteiger partial charge on any atom is 0.191 e. The summed E-state index contributed by atoms with van der Waals surface area (Å²) in [5.74, 6) is 3.26. The Bertz CT molecular complexity index is 863. The van der Waals surface area contributed by atoms with Gasteiger partial charge in [0.05, 0.1) is 32.0 Å². The summed E-state index contributed by atoms with van der Waals surface area (Å²) in [5, 5.41) is 6.69. The molecule has 1 fully saturated rings. The smallest absolute Gasteiger partial charge is 0.191 e. The number of anilines is 1. The quantitative estimate of drug-likeness (QED) is 0.471. The molecule has 3 rings (SSSR count). The van der Waals surface area contributed by atoms with E-state index in [1.807, 2.05) is 49.3 Å². The fraction of sp³-hybridized carbons (Fsp3) is 0.500. The summed E-state index contributed by atoms with van der Waals surface area (Å²) in [7, 11) is 5.67. The highest BCUT2D eigenvalue weighted by molar-refractivity contribution is 5.79. The highest BCUT2D eigenvalue weighted by Gasteiger charge is 2.20. The van der Waals surface area contributed by atoms with Gasteiger partial charge in [0, 0.05) is 26.2 Å². The first kappa shape index (κ1) is 22.7. The fourth-order valence-corrected chi connectivity index (χ4v) is 3.65. The van der Waals surface area contributed by atoms with E-state index in [0.29, 0.717) is 13.1 Å². The molecule has 0 spiro atoms. The number of benzene rings is 1. The van der Waals surface area contributed by atoms with Crippen molar-refractivity contribution >= 4 is 11.8 Å². The van der Waals surface area contributed by atoms with Gasteiger partial charge in [0.15, 0.2) is 17.5 Å². The van der Waals surface area contributed by atoms with Gasteiger partial charge in [-0.25, -0.2) is 9.98 Å². The topological polar surface area (TPSA) is 71.0 Å². The number of nitrogens with zero attached hydrogens (tertiary/aromatic N) is 3. The van der Waals surface area contributed by atoms with Gasteiger partial charge < -0.3 is 25.0 Å². The lowest BCUT2D eigenvalue weighted by molar-refractivity contribution is 0.198. The van der Waals surface area contributed by atoms with Crippen LogP contribution in [0.3, 0.4) is 0 Å². The van der Waals surface area contributed by atoms with Crippen LogP contribution in [0.5, 0.6) is 11.5 Å². The Hall–Kier alpha value is -2.96. The third-order valence-electron chi connectivity index (χ3n) is 5.31. The zero-order valence-electron chi connectivity index (χ0n) is 19.1. The largest absolute Gasteiger partial charge is 0.493 e. The molecule has 0 radical (unpaired) electrons. The number of methoxy groups -OCH3 is 1. The van der Waals surface area contributed by atoms with Crippen LogP contribution in [-0.2, 0) is 13.1 Å². The van der Waals surface area contributed by atoms with Crippen molar-refractivity contribution in [1.82, 2.24) is 15.6 Å². The van der Waals surface area contributed by atoms with Gasteiger partial charge in [-0.2, -0.15) is 0 Å². The number of guanidine groups is 1. The van der Waals surface area contributed by atoms with Gasteiger partial charge in [0.25, 0.3) is 0 Å². The predicted molar refractivity (Wildman–Crippen MR) is 126 cm³/mol. The minimum atomic E-state index is 0.264. The van der Waals surface area contributed by atoms with E-state index in [1.165, 1.54) is 12.8 Å². The number of hydrogen-bond acceptors (Lipinski definition) is 5. The van der Waals surface area contributed by atoms with Crippen molar-refractivity contribution in [1.29, 1.82) is 0 Å². The van der Waals surface area contributed by atoms with Crippen LogP contribution >= 0.6 is 0 Å². The first-order valence-electron chi connectivity index (χ1n) is 11.1. The van der Waals surface area contributed by atoms with E-state index < -0.39 is 0 Å². The third kappa shape index (κ3) is 6.51.